The van der Waals surface area contributed by atoms with Crippen LogP contribution in [0.15, 0.2) is 48.5 Å². The van der Waals surface area contributed by atoms with Crippen LogP contribution in [0, 0.1) is 10.1 Å². The van der Waals surface area contributed by atoms with Crippen LogP contribution in [0.5, 0.6) is 0 Å². The molecule has 5 nitrogen and oxygen atoms in total. The molecule has 2 rings (SSSR count). The molecule has 20 heavy (non-hydrogen) atoms. The maximum absolute atomic E-state index is 11.9. The van der Waals surface area contributed by atoms with E-state index in [1.165, 1.54) is 12.1 Å². The van der Waals surface area contributed by atoms with Gasteiger partial charge in [0.1, 0.15) is 5.78 Å². The van der Waals surface area contributed by atoms with Gasteiger partial charge in [0.15, 0.2) is 0 Å². The number of carbonyl (C=O) groups excluding carboxylic acids is 1. The van der Waals surface area contributed by atoms with Crippen LogP contribution in [0.25, 0.3) is 0 Å². The minimum Gasteiger partial charge on any atom is -0.399 e. The van der Waals surface area contributed by atoms with Crippen molar-refractivity contribution in [2.75, 3.05) is 5.73 Å². The molecule has 0 aromatic heterocycles. The van der Waals surface area contributed by atoms with Gasteiger partial charge in [-0.1, -0.05) is 24.3 Å². The molecule has 0 radical (unpaired) electrons. The van der Waals surface area contributed by atoms with Gasteiger partial charge >= 0.3 is 0 Å². The second-order valence-electron chi connectivity index (χ2n) is 4.56. The molecular formula is C15H14N2O3. The Morgan fingerprint density at radius 1 is 1.05 bits per heavy atom. The monoisotopic (exact) mass is 270 g/mol. The quantitative estimate of drug-likeness (QED) is 0.514. The van der Waals surface area contributed by atoms with E-state index in [0.717, 1.165) is 5.56 Å². The molecule has 0 unspecified atom stereocenters. The van der Waals surface area contributed by atoms with Gasteiger partial charge in [0.25, 0.3) is 5.69 Å². The van der Waals surface area contributed by atoms with Gasteiger partial charge in [0.2, 0.25) is 0 Å². The van der Waals surface area contributed by atoms with Crippen molar-refractivity contribution in [2.24, 2.45) is 0 Å². The standard InChI is InChI=1S/C15H14N2O3/c16-13-6-4-11(5-7-13)9-15(18)10-12-2-1-3-14(8-12)17(19)20/h1-8H,9-10,16H2. The highest BCUT2D eigenvalue weighted by atomic mass is 16.6. The molecule has 0 spiro atoms. The number of anilines is 1. The van der Waals surface area contributed by atoms with Crippen molar-refractivity contribution in [3.63, 3.8) is 0 Å². The number of ketones is 1. The van der Waals surface area contributed by atoms with Gasteiger partial charge in [0, 0.05) is 30.7 Å². The van der Waals surface area contributed by atoms with Gasteiger partial charge in [-0.3, -0.25) is 14.9 Å². The van der Waals surface area contributed by atoms with Crippen molar-refractivity contribution in [2.45, 2.75) is 12.8 Å². The molecule has 0 fully saturated rings. The number of hydrogen-bond donors (Lipinski definition) is 1. The van der Waals surface area contributed by atoms with Crippen LogP contribution >= 0.6 is 0 Å². The topological polar surface area (TPSA) is 86.2 Å². The number of rotatable bonds is 5. The molecule has 0 saturated carbocycles. The summed E-state index contributed by atoms with van der Waals surface area (Å²) in [6, 6.07) is 13.2. The molecule has 0 amide bonds. The number of carbonyl (C=O) groups is 1. The Kier molecular flexibility index (Phi) is 4.10. The van der Waals surface area contributed by atoms with E-state index in [2.05, 4.69) is 0 Å². The summed E-state index contributed by atoms with van der Waals surface area (Å²) in [5.41, 5.74) is 7.77. The Morgan fingerprint density at radius 2 is 1.70 bits per heavy atom. The summed E-state index contributed by atoms with van der Waals surface area (Å²) in [7, 11) is 0. The molecule has 2 aromatic carbocycles. The zero-order chi connectivity index (χ0) is 14.5. The lowest BCUT2D eigenvalue weighted by Gasteiger charge is -2.03. The zero-order valence-corrected chi connectivity index (χ0v) is 10.8. The highest BCUT2D eigenvalue weighted by Gasteiger charge is 2.09. The van der Waals surface area contributed by atoms with E-state index < -0.39 is 4.92 Å². The van der Waals surface area contributed by atoms with Crippen LogP contribution < -0.4 is 5.73 Å². The van der Waals surface area contributed by atoms with E-state index in [-0.39, 0.29) is 17.9 Å². The first-order valence-corrected chi connectivity index (χ1v) is 6.14. The number of Topliss-reactive ketones (excluding diaryl/α,β-unsaturated/α-hetero) is 1. The molecular weight excluding hydrogens is 256 g/mol. The van der Waals surface area contributed by atoms with Crippen molar-refractivity contribution in [1.82, 2.24) is 0 Å². The first-order chi connectivity index (χ1) is 9.54. The van der Waals surface area contributed by atoms with E-state index in [1.54, 1.807) is 36.4 Å². The molecule has 0 saturated heterocycles. The summed E-state index contributed by atoms with van der Waals surface area (Å²) in [5.74, 6) is 0.00951. The summed E-state index contributed by atoms with van der Waals surface area (Å²) in [5, 5.41) is 10.7. The van der Waals surface area contributed by atoms with Crippen LogP contribution in [0.2, 0.25) is 0 Å². The second kappa shape index (κ2) is 5.97. The van der Waals surface area contributed by atoms with Crippen LogP contribution in [0.1, 0.15) is 11.1 Å². The largest absolute Gasteiger partial charge is 0.399 e. The fraction of sp³-hybridized carbons (Fsp3) is 0.133. The number of nitrogen functional groups attached to an aromatic ring is 1. The third-order valence-electron chi connectivity index (χ3n) is 2.90. The van der Waals surface area contributed by atoms with Crippen LogP contribution in [0.4, 0.5) is 11.4 Å². The number of nitro benzene ring substituents is 1. The van der Waals surface area contributed by atoms with E-state index in [1.807, 2.05) is 0 Å². The number of nitrogens with zero attached hydrogens (tertiary/aromatic N) is 1. The van der Waals surface area contributed by atoms with Gasteiger partial charge in [-0.25, -0.2) is 0 Å². The van der Waals surface area contributed by atoms with E-state index in [9.17, 15) is 14.9 Å². The average molecular weight is 270 g/mol. The molecule has 0 aliphatic carbocycles. The lowest BCUT2D eigenvalue weighted by Crippen LogP contribution is -2.06. The smallest absolute Gasteiger partial charge is 0.269 e. The van der Waals surface area contributed by atoms with Crippen molar-refractivity contribution >= 4 is 17.2 Å². The number of nitro groups is 1. The third kappa shape index (κ3) is 3.65. The van der Waals surface area contributed by atoms with Crippen molar-refractivity contribution < 1.29 is 9.72 Å². The number of benzene rings is 2. The maximum Gasteiger partial charge on any atom is 0.269 e. The average Bonchev–Trinajstić information content (AvgIpc) is 2.41. The maximum atomic E-state index is 11.9. The summed E-state index contributed by atoms with van der Waals surface area (Å²) in [6.07, 6.45) is 0.481. The van der Waals surface area contributed by atoms with Crippen molar-refractivity contribution in [3.05, 3.63) is 69.8 Å². The van der Waals surface area contributed by atoms with Crippen LogP contribution in [-0.4, -0.2) is 10.7 Å². The van der Waals surface area contributed by atoms with E-state index in [0.29, 0.717) is 17.7 Å². The Balaban J connectivity index is 2.02. The summed E-state index contributed by atoms with van der Waals surface area (Å²) >= 11 is 0. The third-order valence-corrected chi connectivity index (χ3v) is 2.90. The summed E-state index contributed by atoms with van der Waals surface area (Å²) < 4.78 is 0. The van der Waals surface area contributed by atoms with Crippen LogP contribution in [-0.2, 0) is 17.6 Å². The normalized spacial score (nSPS) is 10.2. The molecule has 2 N–H and O–H groups in total. The van der Waals surface area contributed by atoms with Gasteiger partial charge in [-0.05, 0) is 23.3 Å². The molecule has 0 aliphatic rings. The van der Waals surface area contributed by atoms with Crippen molar-refractivity contribution in [3.8, 4) is 0 Å². The summed E-state index contributed by atoms with van der Waals surface area (Å²) in [4.78, 5) is 22.2. The predicted octanol–water partition coefficient (Wildman–Crippen LogP) is 2.53. The number of hydrogen-bond acceptors (Lipinski definition) is 4. The van der Waals surface area contributed by atoms with E-state index >= 15 is 0 Å². The highest BCUT2D eigenvalue weighted by molar-refractivity contribution is 5.83. The molecule has 0 bridgehead atoms. The van der Waals surface area contributed by atoms with E-state index in [4.69, 9.17) is 5.73 Å². The lowest BCUT2D eigenvalue weighted by molar-refractivity contribution is -0.384. The fourth-order valence-corrected chi connectivity index (χ4v) is 1.93. The molecule has 0 heterocycles. The Labute approximate surface area is 116 Å². The molecule has 0 aliphatic heterocycles. The van der Waals surface area contributed by atoms with Gasteiger partial charge in [0.05, 0.1) is 4.92 Å². The second-order valence-corrected chi connectivity index (χ2v) is 4.56. The first kappa shape index (κ1) is 13.7. The molecule has 2 aromatic rings. The molecule has 102 valence electrons. The minimum atomic E-state index is -0.464. The SMILES string of the molecule is Nc1ccc(CC(=O)Cc2cccc([N+](=O)[O-])c2)cc1. The van der Waals surface area contributed by atoms with Crippen molar-refractivity contribution in [1.29, 1.82) is 0 Å². The van der Waals surface area contributed by atoms with Gasteiger partial charge < -0.3 is 5.73 Å². The number of nitrogens with two attached hydrogens (primary N) is 1. The van der Waals surface area contributed by atoms with Crippen LogP contribution in [0.3, 0.4) is 0 Å². The van der Waals surface area contributed by atoms with Gasteiger partial charge in [-0.2, -0.15) is 0 Å². The Morgan fingerprint density at radius 3 is 2.35 bits per heavy atom. The number of non-ortho nitro benzene ring substituents is 1. The molecule has 5 heteroatoms. The lowest BCUT2D eigenvalue weighted by atomic mass is 10.0. The summed E-state index contributed by atoms with van der Waals surface area (Å²) in [6.45, 7) is 0. The fourth-order valence-electron chi connectivity index (χ4n) is 1.93. The first-order valence-electron chi connectivity index (χ1n) is 6.14. The Bertz CT molecular complexity index is 636. The molecule has 0 atom stereocenters. The zero-order valence-electron chi connectivity index (χ0n) is 10.8. The highest BCUT2D eigenvalue weighted by Crippen LogP contribution is 2.14. The predicted molar refractivity (Wildman–Crippen MR) is 76.4 cm³/mol. The van der Waals surface area contributed by atoms with Gasteiger partial charge in [-0.15, -0.1) is 0 Å². The minimum absolute atomic E-state index is 0.00258. The Hall–Kier alpha value is -2.69.